The van der Waals surface area contributed by atoms with Crippen molar-refractivity contribution in [3.8, 4) is 0 Å². The molecule has 132 valence electrons. The van der Waals surface area contributed by atoms with Crippen LogP contribution in [0, 0.1) is 0 Å². The summed E-state index contributed by atoms with van der Waals surface area (Å²) in [4.78, 5) is 12.2. The number of carbonyl (C=O) groups excluding carboxylic acids is 1. The van der Waals surface area contributed by atoms with Crippen LogP contribution in [0.5, 0.6) is 0 Å². The van der Waals surface area contributed by atoms with Crippen molar-refractivity contribution in [3.63, 3.8) is 0 Å². The van der Waals surface area contributed by atoms with Crippen molar-refractivity contribution < 1.29 is 9.32 Å². The molecule has 4 heteroatoms. The van der Waals surface area contributed by atoms with Gasteiger partial charge >= 0.3 is 0 Å². The molecule has 2 aromatic rings. The molecule has 0 spiro atoms. The van der Waals surface area contributed by atoms with Crippen molar-refractivity contribution in [2.24, 2.45) is 0 Å². The number of benzene rings is 1. The molecule has 25 heavy (non-hydrogen) atoms. The summed E-state index contributed by atoms with van der Waals surface area (Å²) in [5.41, 5.74) is 3.54. The van der Waals surface area contributed by atoms with Crippen LogP contribution in [0.4, 0.5) is 0 Å². The van der Waals surface area contributed by atoms with E-state index >= 15 is 0 Å². The maximum absolute atomic E-state index is 12.2. The topological polar surface area (TPSA) is 55.1 Å². The van der Waals surface area contributed by atoms with Gasteiger partial charge in [-0.05, 0) is 50.0 Å². The average molecular weight is 338 g/mol. The summed E-state index contributed by atoms with van der Waals surface area (Å²) in [5.74, 6) is 0.454. The van der Waals surface area contributed by atoms with Gasteiger partial charge in [-0.3, -0.25) is 4.79 Å². The lowest BCUT2D eigenvalue weighted by Crippen LogP contribution is -2.24. The molecule has 3 rings (SSSR count). The molecule has 0 fully saturated rings. The molecule has 1 N–H and O–H groups in total. The van der Waals surface area contributed by atoms with Crippen molar-refractivity contribution >= 4 is 5.91 Å². The molecule has 0 aliphatic heterocycles. The van der Waals surface area contributed by atoms with Crippen molar-refractivity contribution in [1.29, 1.82) is 0 Å². The third-order valence-electron chi connectivity index (χ3n) is 4.78. The Morgan fingerprint density at radius 1 is 1.28 bits per heavy atom. The van der Waals surface area contributed by atoms with Gasteiger partial charge in [0.25, 0.3) is 5.91 Å². The molecule has 1 aliphatic rings. The minimum Gasteiger partial charge on any atom is -0.351 e. The highest BCUT2D eigenvalue weighted by molar-refractivity contribution is 5.91. The van der Waals surface area contributed by atoms with Crippen LogP contribution in [0.2, 0.25) is 0 Å². The zero-order valence-electron chi connectivity index (χ0n) is 14.8. The molecule has 1 aromatic heterocycles. The van der Waals surface area contributed by atoms with Gasteiger partial charge in [-0.1, -0.05) is 54.1 Å². The first kappa shape index (κ1) is 17.5. The number of nitrogens with one attached hydrogen (secondary N) is 1. The third-order valence-corrected chi connectivity index (χ3v) is 4.78. The van der Waals surface area contributed by atoms with Crippen LogP contribution < -0.4 is 5.32 Å². The van der Waals surface area contributed by atoms with E-state index in [1.54, 1.807) is 6.07 Å². The van der Waals surface area contributed by atoms with E-state index in [2.05, 4.69) is 35.6 Å². The minimum absolute atomic E-state index is 0.178. The second-order valence-corrected chi connectivity index (χ2v) is 6.81. The van der Waals surface area contributed by atoms with E-state index in [-0.39, 0.29) is 5.91 Å². The molecule has 1 aliphatic carbocycles. The lowest BCUT2D eigenvalue weighted by atomic mass is 9.96. The number of hydrogen-bond acceptors (Lipinski definition) is 3. The predicted molar refractivity (Wildman–Crippen MR) is 98.6 cm³/mol. The molecule has 0 saturated heterocycles. The first-order valence-corrected chi connectivity index (χ1v) is 9.19. The maximum Gasteiger partial charge on any atom is 0.289 e. The van der Waals surface area contributed by atoms with Crippen LogP contribution in [0.25, 0.3) is 0 Å². The fourth-order valence-corrected chi connectivity index (χ4v) is 3.28. The molecule has 0 bridgehead atoms. The van der Waals surface area contributed by atoms with Gasteiger partial charge in [-0.2, -0.15) is 0 Å². The first-order valence-electron chi connectivity index (χ1n) is 9.19. The van der Waals surface area contributed by atoms with Gasteiger partial charge in [0.2, 0.25) is 5.76 Å². The fraction of sp³-hybridized carbons (Fsp3) is 0.429. The van der Waals surface area contributed by atoms with Gasteiger partial charge in [0.15, 0.2) is 0 Å². The van der Waals surface area contributed by atoms with Crippen LogP contribution in [0.15, 0.2) is 52.6 Å². The number of aromatic nitrogens is 1. The van der Waals surface area contributed by atoms with E-state index in [4.69, 9.17) is 4.52 Å². The van der Waals surface area contributed by atoms with E-state index in [1.165, 1.54) is 36.8 Å². The Hall–Kier alpha value is -2.36. The minimum atomic E-state index is -0.178. The number of allylic oxidation sites excluding steroid dienone is 1. The second-order valence-electron chi connectivity index (χ2n) is 6.81. The number of carbonyl (C=O) groups is 1. The molecular formula is C21H26N2O2. The molecule has 1 heterocycles. The normalized spacial score (nSPS) is 15.5. The highest BCUT2D eigenvalue weighted by Gasteiger charge is 2.15. The van der Waals surface area contributed by atoms with Crippen LogP contribution in [0.3, 0.4) is 0 Å². The fourth-order valence-electron chi connectivity index (χ4n) is 3.28. The molecule has 4 nitrogen and oxygen atoms in total. The van der Waals surface area contributed by atoms with Gasteiger partial charge in [0.05, 0.1) is 5.69 Å². The lowest BCUT2D eigenvalue weighted by molar-refractivity contribution is 0.0917. The van der Waals surface area contributed by atoms with Crippen molar-refractivity contribution in [2.75, 3.05) is 6.54 Å². The van der Waals surface area contributed by atoms with E-state index in [9.17, 15) is 4.79 Å². The van der Waals surface area contributed by atoms with Crippen LogP contribution in [-0.2, 0) is 6.42 Å². The Kier molecular flexibility index (Phi) is 6.04. The van der Waals surface area contributed by atoms with Crippen molar-refractivity contribution in [3.05, 3.63) is 65.1 Å². The van der Waals surface area contributed by atoms with Crippen LogP contribution in [-0.4, -0.2) is 17.6 Å². The average Bonchev–Trinajstić information content (AvgIpc) is 3.12. The van der Waals surface area contributed by atoms with Crippen LogP contribution >= 0.6 is 0 Å². The summed E-state index contributed by atoms with van der Waals surface area (Å²) in [6.45, 7) is 2.81. The van der Waals surface area contributed by atoms with Gasteiger partial charge in [0, 0.05) is 12.6 Å². The highest BCUT2D eigenvalue weighted by atomic mass is 16.5. The van der Waals surface area contributed by atoms with E-state index in [0.29, 0.717) is 18.2 Å². The summed E-state index contributed by atoms with van der Waals surface area (Å²) in [7, 11) is 0. The third kappa shape index (κ3) is 5.05. The zero-order valence-corrected chi connectivity index (χ0v) is 14.8. The number of nitrogens with zero attached hydrogens (tertiary/aromatic N) is 1. The van der Waals surface area contributed by atoms with Gasteiger partial charge in [-0.15, -0.1) is 0 Å². The van der Waals surface area contributed by atoms with Gasteiger partial charge in [0.1, 0.15) is 0 Å². The molecule has 1 atom stereocenters. The standard InChI is InChI=1S/C21H26N2O2/c1-16(18-10-6-3-7-11-18)14-19-15-20(25-23-19)21(24)22-13-12-17-8-4-2-5-9-17/h3,6-8,10-11,15-16H,2,4-5,9,12-14H2,1H3,(H,22,24)/t16-/m1/s1. The lowest BCUT2D eigenvalue weighted by Gasteiger charge is -2.12. The molecule has 0 unspecified atom stereocenters. The SMILES string of the molecule is C[C@H](Cc1cc(C(=O)NCCC2=CCCCC2)on1)c1ccccc1. The quantitative estimate of drug-likeness (QED) is 0.748. The zero-order chi connectivity index (χ0) is 17.5. The summed E-state index contributed by atoms with van der Waals surface area (Å²) < 4.78 is 5.23. The summed E-state index contributed by atoms with van der Waals surface area (Å²) in [6.07, 6.45) is 8.90. The molecule has 0 saturated carbocycles. The first-order chi connectivity index (χ1) is 12.2. The summed E-state index contributed by atoms with van der Waals surface area (Å²) in [6, 6.07) is 12.1. The molecular weight excluding hydrogens is 312 g/mol. The van der Waals surface area contributed by atoms with Gasteiger partial charge in [-0.25, -0.2) is 0 Å². The number of amides is 1. The highest BCUT2D eigenvalue weighted by Crippen LogP contribution is 2.21. The maximum atomic E-state index is 12.2. The van der Waals surface area contributed by atoms with E-state index < -0.39 is 0 Å². The van der Waals surface area contributed by atoms with Gasteiger partial charge < -0.3 is 9.84 Å². The Bertz CT molecular complexity index is 719. The number of hydrogen-bond donors (Lipinski definition) is 1. The Morgan fingerprint density at radius 2 is 2.12 bits per heavy atom. The van der Waals surface area contributed by atoms with Crippen molar-refractivity contribution in [2.45, 2.75) is 51.4 Å². The molecule has 0 radical (unpaired) electrons. The Balaban J connectivity index is 1.48. The summed E-state index contributed by atoms with van der Waals surface area (Å²) >= 11 is 0. The molecule has 1 aromatic carbocycles. The second kappa shape index (κ2) is 8.65. The molecule has 1 amide bonds. The van der Waals surface area contributed by atoms with Crippen LogP contribution in [0.1, 0.15) is 66.8 Å². The smallest absolute Gasteiger partial charge is 0.289 e. The van der Waals surface area contributed by atoms with E-state index in [0.717, 1.165) is 18.5 Å². The summed E-state index contributed by atoms with van der Waals surface area (Å²) in [5, 5.41) is 6.98. The van der Waals surface area contributed by atoms with Crippen molar-refractivity contribution in [1.82, 2.24) is 10.5 Å². The monoisotopic (exact) mass is 338 g/mol. The Morgan fingerprint density at radius 3 is 2.88 bits per heavy atom. The predicted octanol–water partition coefficient (Wildman–Crippen LogP) is 4.64. The number of rotatable bonds is 7. The Labute approximate surface area is 149 Å². The van der Waals surface area contributed by atoms with E-state index in [1.807, 2.05) is 18.2 Å². The largest absolute Gasteiger partial charge is 0.351 e.